The normalized spacial score (nSPS) is 11.3. The number of hydrogen-bond acceptors (Lipinski definition) is 7. The van der Waals surface area contributed by atoms with Gasteiger partial charge in [-0.15, -0.1) is 5.10 Å². The number of halogens is 1. The van der Waals surface area contributed by atoms with Crippen LogP contribution in [0.2, 0.25) is 0 Å². The number of rotatable bonds is 6. The molecule has 0 spiro atoms. The Morgan fingerprint density at radius 3 is 2.72 bits per heavy atom. The van der Waals surface area contributed by atoms with Crippen molar-refractivity contribution in [1.29, 1.82) is 0 Å². The van der Waals surface area contributed by atoms with Gasteiger partial charge in [0, 0.05) is 13.2 Å². The minimum Gasteiger partial charge on any atom is -0.444 e. The summed E-state index contributed by atoms with van der Waals surface area (Å²) in [6.07, 6.45) is 0.373. The van der Waals surface area contributed by atoms with Crippen LogP contribution in [0.15, 0.2) is 47.5 Å². The van der Waals surface area contributed by atoms with Gasteiger partial charge in [0.2, 0.25) is 10.0 Å². The number of pyridine rings is 1. The molecule has 2 heterocycles. The third kappa shape index (κ3) is 4.73. The summed E-state index contributed by atoms with van der Waals surface area (Å²) in [5, 5.41) is 10.3. The number of nitrogens with zero attached hydrogens (tertiary/aromatic N) is 4. The van der Waals surface area contributed by atoms with Crippen LogP contribution < -0.4 is 10.0 Å². The molecule has 0 aliphatic heterocycles. The van der Waals surface area contributed by atoms with E-state index in [0.29, 0.717) is 11.3 Å². The van der Waals surface area contributed by atoms with Crippen molar-refractivity contribution >= 4 is 21.9 Å². The number of aromatic nitrogens is 4. The second-order valence-corrected chi connectivity index (χ2v) is 7.71. The van der Waals surface area contributed by atoms with E-state index in [2.05, 4.69) is 25.3 Å². The molecule has 0 aliphatic rings. The van der Waals surface area contributed by atoms with Crippen molar-refractivity contribution in [3.8, 4) is 11.4 Å². The number of amides is 1. The maximum atomic E-state index is 13.2. The van der Waals surface area contributed by atoms with Crippen molar-refractivity contribution in [1.82, 2.24) is 24.7 Å². The van der Waals surface area contributed by atoms with Gasteiger partial charge in [0.1, 0.15) is 17.3 Å². The number of sulfonamides is 1. The van der Waals surface area contributed by atoms with Gasteiger partial charge in [0.05, 0.1) is 5.69 Å². The molecule has 1 amide bonds. The number of anilines is 1. The van der Waals surface area contributed by atoms with E-state index in [1.807, 2.05) is 0 Å². The first kappa shape index (κ1) is 20.4. The topological polar surface area (TPSA) is 128 Å². The van der Waals surface area contributed by atoms with Crippen molar-refractivity contribution < 1.29 is 22.3 Å². The monoisotopic (exact) mass is 420 g/mol. The van der Waals surface area contributed by atoms with Crippen LogP contribution in [0.3, 0.4) is 0 Å². The first-order valence-corrected chi connectivity index (χ1v) is 9.76. The molecule has 152 valence electrons. The van der Waals surface area contributed by atoms with Crippen molar-refractivity contribution in [2.24, 2.45) is 7.05 Å². The van der Waals surface area contributed by atoms with E-state index in [1.54, 1.807) is 13.1 Å². The molecule has 0 unspecified atom stereocenters. The molecule has 3 aromatic rings. The number of ether oxygens (including phenoxy) is 1. The lowest BCUT2D eigenvalue weighted by atomic mass is 10.2. The van der Waals surface area contributed by atoms with Gasteiger partial charge < -0.3 is 4.74 Å². The Labute approximate surface area is 165 Å². The highest BCUT2D eigenvalue weighted by Gasteiger charge is 2.19. The Bertz CT molecular complexity index is 1130. The average Bonchev–Trinajstić information content (AvgIpc) is 3.07. The summed E-state index contributed by atoms with van der Waals surface area (Å²) in [7, 11) is -0.779. The molecule has 1 aromatic carbocycles. The van der Waals surface area contributed by atoms with E-state index >= 15 is 0 Å². The average molecular weight is 420 g/mol. The maximum absolute atomic E-state index is 13.2. The summed E-state index contributed by atoms with van der Waals surface area (Å²) < 4.78 is 45.4. The van der Waals surface area contributed by atoms with E-state index in [0.717, 1.165) is 0 Å². The zero-order valence-corrected chi connectivity index (χ0v) is 16.3. The van der Waals surface area contributed by atoms with Crippen molar-refractivity contribution in [2.75, 3.05) is 12.4 Å². The van der Waals surface area contributed by atoms with Crippen LogP contribution in [0.4, 0.5) is 15.0 Å². The molecule has 29 heavy (non-hydrogen) atoms. The van der Waals surface area contributed by atoms with Gasteiger partial charge in [-0.3, -0.25) is 10.3 Å². The lowest BCUT2D eigenvalue weighted by molar-refractivity contribution is 0.154. The Hall–Kier alpha value is -3.38. The molecule has 2 N–H and O–H groups in total. The highest BCUT2D eigenvalue weighted by atomic mass is 32.2. The van der Waals surface area contributed by atoms with Crippen LogP contribution >= 0.6 is 0 Å². The summed E-state index contributed by atoms with van der Waals surface area (Å²) in [6.45, 7) is -0.126. The predicted molar refractivity (Wildman–Crippen MR) is 101 cm³/mol. The van der Waals surface area contributed by atoms with Crippen LogP contribution in [0, 0.1) is 5.82 Å². The van der Waals surface area contributed by atoms with Gasteiger partial charge in [0.25, 0.3) is 0 Å². The number of nitrogens with one attached hydrogen (secondary N) is 2. The van der Waals surface area contributed by atoms with Crippen molar-refractivity contribution in [2.45, 2.75) is 11.5 Å². The minimum absolute atomic E-state index is 0.0170. The summed E-state index contributed by atoms with van der Waals surface area (Å²) in [4.78, 5) is 16.2. The van der Waals surface area contributed by atoms with Gasteiger partial charge in [-0.1, -0.05) is 17.3 Å². The molecule has 0 radical (unpaired) electrons. The Morgan fingerprint density at radius 1 is 1.28 bits per heavy atom. The number of hydrogen-bond donors (Lipinski definition) is 2. The molecule has 3 rings (SSSR count). The third-order valence-electron chi connectivity index (χ3n) is 3.86. The van der Waals surface area contributed by atoms with Gasteiger partial charge in [-0.2, -0.15) is 0 Å². The third-order valence-corrected chi connectivity index (χ3v) is 5.26. The van der Waals surface area contributed by atoms with Crippen LogP contribution in [0.25, 0.3) is 11.4 Å². The van der Waals surface area contributed by atoms with Gasteiger partial charge in [-0.05, 0) is 36.9 Å². The fourth-order valence-electron chi connectivity index (χ4n) is 2.38. The molecule has 0 bridgehead atoms. The second-order valence-electron chi connectivity index (χ2n) is 5.83. The second kappa shape index (κ2) is 8.32. The van der Waals surface area contributed by atoms with E-state index in [-0.39, 0.29) is 23.0 Å². The fourth-order valence-corrected chi connectivity index (χ4v) is 3.05. The Balaban J connectivity index is 1.75. The first-order valence-electron chi connectivity index (χ1n) is 8.28. The molecule has 0 aliphatic carbocycles. The van der Waals surface area contributed by atoms with Crippen molar-refractivity contribution in [3.63, 3.8) is 0 Å². The zero-order valence-electron chi connectivity index (χ0n) is 15.5. The minimum atomic E-state index is -3.63. The van der Waals surface area contributed by atoms with Crippen molar-refractivity contribution in [3.05, 3.63) is 54.0 Å². The van der Waals surface area contributed by atoms with E-state index in [9.17, 15) is 17.6 Å². The molecule has 0 atom stereocenters. The molecule has 0 saturated heterocycles. The molecule has 2 aromatic heterocycles. The van der Waals surface area contributed by atoms with E-state index in [1.165, 1.54) is 48.3 Å². The lowest BCUT2D eigenvalue weighted by Gasteiger charge is -2.09. The molecular formula is C17H17FN6O4S. The lowest BCUT2D eigenvalue weighted by Crippen LogP contribution is -2.18. The summed E-state index contributed by atoms with van der Waals surface area (Å²) in [6, 6.07) is 8.48. The van der Waals surface area contributed by atoms with E-state index in [4.69, 9.17) is 4.74 Å². The molecular weight excluding hydrogens is 403 g/mol. The summed E-state index contributed by atoms with van der Waals surface area (Å²) in [5.74, 6) is -0.231. The molecule has 10 nitrogen and oxygen atoms in total. The fraction of sp³-hybridized carbons (Fsp3) is 0.176. The van der Waals surface area contributed by atoms with Gasteiger partial charge in [-0.25, -0.2) is 27.0 Å². The largest absolute Gasteiger partial charge is 0.444 e. The van der Waals surface area contributed by atoms with E-state index < -0.39 is 21.9 Å². The number of aryl methyl sites for hydroxylation is 1. The number of benzene rings is 1. The Morgan fingerprint density at radius 2 is 2.07 bits per heavy atom. The smallest absolute Gasteiger partial charge is 0.413 e. The standard InChI is InChI=1S/C17H17FN6O4S/c1-19-29(26,27)13-6-7-14(20-9-13)15-16(24(2)23-22-15)21-17(25)28-10-11-4-3-5-12(18)8-11/h3-9,19H,10H2,1-2H3,(H,21,25). The quantitative estimate of drug-likeness (QED) is 0.621. The molecule has 0 fully saturated rings. The van der Waals surface area contributed by atoms with Crippen LogP contribution in [0.1, 0.15) is 5.56 Å². The predicted octanol–water partition coefficient (Wildman–Crippen LogP) is 1.67. The van der Waals surface area contributed by atoms with Gasteiger partial charge in [0.15, 0.2) is 11.5 Å². The zero-order chi connectivity index (χ0) is 21.0. The summed E-state index contributed by atoms with van der Waals surface area (Å²) >= 11 is 0. The Kier molecular flexibility index (Phi) is 5.84. The number of carbonyl (C=O) groups excluding carboxylic acids is 1. The highest BCUT2D eigenvalue weighted by molar-refractivity contribution is 7.89. The first-order chi connectivity index (χ1) is 13.8. The molecule has 12 heteroatoms. The van der Waals surface area contributed by atoms with Gasteiger partial charge >= 0.3 is 6.09 Å². The highest BCUT2D eigenvalue weighted by Crippen LogP contribution is 2.24. The maximum Gasteiger partial charge on any atom is 0.413 e. The SMILES string of the molecule is CNS(=O)(=O)c1ccc(-c2nnn(C)c2NC(=O)OCc2cccc(F)c2)nc1. The summed E-state index contributed by atoms with van der Waals surface area (Å²) in [5.41, 5.74) is 1.02. The van der Waals surface area contributed by atoms with Crippen LogP contribution in [0.5, 0.6) is 0 Å². The van der Waals surface area contributed by atoms with Crippen LogP contribution in [-0.2, 0) is 28.4 Å². The molecule has 0 saturated carbocycles. The number of carbonyl (C=O) groups is 1. The van der Waals surface area contributed by atoms with Crippen LogP contribution in [-0.4, -0.2) is 41.5 Å².